The van der Waals surface area contributed by atoms with E-state index >= 15 is 0 Å². The van der Waals surface area contributed by atoms with Crippen LogP contribution in [0.25, 0.3) is 0 Å². The van der Waals surface area contributed by atoms with Gasteiger partial charge in [0.05, 0.1) is 13.0 Å². The Morgan fingerprint density at radius 1 is 1.15 bits per heavy atom. The summed E-state index contributed by atoms with van der Waals surface area (Å²) in [5.74, 6) is 1.79. The molecule has 0 saturated carbocycles. The molecule has 0 spiro atoms. The van der Waals surface area contributed by atoms with Gasteiger partial charge in [0.1, 0.15) is 5.75 Å². The first-order chi connectivity index (χ1) is 12.7. The van der Waals surface area contributed by atoms with Crippen molar-refractivity contribution in [3.05, 3.63) is 63.6 Å². The second kappa shape index (κ2) is 6.01. The molecular weight excluding hydrogens is 328 g/mol. The smallest absolute Gasteiger partial charge is 0.250 e. The average molecular weight is 350 g/mol. The van der Waals surface area contributed by atoms with Gasteiger partial charge >= 0.3 is 0 Å². The van der Waals surface area contributed by atoms with Crippen LogP contribution in [-0.4, -0.2) is 35.1 Å². The van der Waals surface area contributed by atoms with E-state index in [1.807, 2.05) is 33.7 Å². The lowest BCUT2D eigenvalue weighted by Gasteiger charge is -2.42. The molecule has 26 heavy (non-hydrogen) atoms. The molecule has 2 atom stereocenters. The average Bonchev–Trinajstić information content (AvgIpc) is 3.10. The van der Waals surface area contributed by atoms with E-state index in [0.29, 0.717) is 18.9 Å². The molecule has 134 valence electrons. The van der Waals surface area contributed by atoms with Gasteiger partial charge in [0.2, 0.25) is 5.91 Å². The molecule has 1 saturated heterocycles. The summed E-state index contributed by atoms with van der Waals surface area (Å²) in [6.07, 6.45) is 2.44. The number of ether oxygens (including phenoxy) is 1. The molecule has 2 aromatic rings. The molecule has 0 N–H and O–H groups in total. The predicted octanol–water partition coefficient (Wildman–Crippen LogP) is 1.97. The van der Waals surface area contributed by atoms with Crippen LogP contribution in [0.3, 0.4) is 0 Å². The van der Waals surface area contributed by atoms with Crippen molar-refractivity contribution in [3.8, 4) is 5.75 Å². The monoisotopic (exact) mass is 350 g/mol. The SMILES string of the molecule is O=C(Cc1ccc2c(c1)CCO2)N1CC2CC(C1)c1cccc(=O)n1C2. The van der Waals surface area contributed by atoms with Gasteiger partial charge in [-0.05, 0) is 35.6 Å². The lowest BCUT2D eigenvalue weighted by Crippen LogP contribution is -2.49. The Hall–Kier alpha value is -2.56. The largest absolute Gasteiger partial charge is 0.493 e. The normalized spacial score (nSPS) is 23.2. The van der Waals surface area contributed by atoms with Gasteiger partial charge in [-0.3, -0.25) is 9.59 Å². The molecule has 5 rings (SSSR count). The molecule has 0 radical (unpaired) electrons. The Morgan fingerprint density at radius 2 is 2.08 bits per heavy atom. The number of amides is 1. The van der Waals surface area contributed by atoms with Gasteiger partial charge in [-0.1, -0.05) is 18.2 Å². The van der Waals surface area contributed by atoms with Crippen molar-refractivity contribution >= 4 is 5.91 Å². The van der Waals surface area contributed by atoms with Crippen LogP contribution in [0.2, 0.25) is 0 Å². The third-order valence-corrected chi connectivity index (χ3v) is 5.94. The molecule has 1 amide bonds. The number of carbonyl (C=O) groups is 1. The maximum Gasteiger partial charge on any atom is 0.250 e. The first-order valence-electron chi connectivity index (χ1n) is 9.39. The summed E-state index contributed by atoms with van der Waals surface area (Å²) in [5, 5.41) is 0. The number of benzene rings is 1. The van der Waals surface area contributed by atoms with E-state index in [2.05, 4.69) is 6.07 Å². The van der Waals surface area contributed by atoms with Gasteiger partial charge in [-0.15, -0.1) is 0 Å². The maximum atomic E-state index is 12.9. The van der Waals surface area contributed by atoms with Crippen molar-refractivity contribution in [2.24, 2.45) is 5.92 Å². The quantitative estimate of drug-likeness (QED) is 0.832. The highest BCUT2D eigenvalue weighted by molar-refractivity contribution is 5.79. The zero-order chi connectivity index (χ0) is 17.7. The summed E-state index contributed by atoms with van der Waals surface area (Å²) in [6, 6.07) is 11.6. The van der Waals surface area contributed by atoms with Crippen molar-refractivity contribution in [3.63, 3.8) is 0 Å². The second-order valence-electron chi connectivity index (χ2n) is 7.71. The Balaban J connectivity index is 1.34. The van der Waals surface area contributed by atoms with Crippen molar-refractivity contribution < 1.29 is 9.53 Å². The Kier molecular flexibility index (Phi) is 3.62. The molecule has 5 heteroatoms. The third kappa shape index (κ3) is 2.62. The molecule has 0 aliphatic carbocycles. The summed E-state index contributed by atoms with van der Waals surface area (Å²) >= 11 is 0. The minimum Gasteiger partial charge on any atom is -0.493 e. The van der Waals surface area contributed by atoms with E-state index in [0.717, 1.165) is 49.5 Å². The molecule has 2 bridgehead atoms. The highest BCUT2D eigenvalue weighted by atomic mass is 16.5. The summed E-state index contributed by atoms with van der Waals surface area (Å²) in [7, 11) is 0. The highest BCUT2D eigenvalue weighted by Gasteiger charge is 2.36. The first-order valence-corrected chi connectivity index (χ1v) is 9.39. The van der Waals surface area contributed by atoms with Crippen LogP contribution in [0, 0.1) is 5.92 Å². The van der Waals surface area contributed by atoms with Crippen LogP contribution in [0.15, 0.2) is 41.2 Å². The number of aromatic nitrogens is 1. The van der Waals surface area contributed by atoms with Crippen LogP contribution in [0.4, 0.5) is 0 Å². The summed E-state index contributed by atoms with van der Waals surface area (Å²) in [6.45, 7) is 2.93. The van der Waals surface area contributed by atoms with Gasteiger partial charge in [0.15, 0.2) is 0 Å². The topological polar surface area (TPSA) is 51.5 Å². The number of rotatable bonds is 2. The van der Waals surface area contributed by atoms with Crippen molar-refractivity contribution in [2.75, 3.05) is 19.7 Å². The number of likely N-dealkylation sites (tertiary alicyclic amines) is 1. The van der Waals surface area contributed by atoms with E-state index in [1.54, 1.807) is 6.07 Å². The van der Waals surface area contributed by atoms with E-state index in [4.69, 9.17) is 4.74 Å². The summed E-state index contributed by atoms with van der Waals surface area (Å²) in [4.78, 5) is 27.0. The van der Waals surface area contributed by atoms with Crippen molar-refractivity contribution in [1.82, 2.24) is 9.47 Å². The Morgan fingerprint density at radius 3 is 3.00 bits per heavy atom. The maximum absolute atomic E-state index is 12.9. The minimum atomic E-state index is 0.0809. The van der Waals surface area contributed by atoms with E-state index in [9.17, 15) is 9.59 Å². The van der Waals surface area contributed by atoms with Crippen LogP contribution in [-0.2, 0) is 24.2 Å². The first kappa shape index (κ1) is 15.7. The number of nitrogens with zero attached hydrogens (tertiary/aromatic N) is 2. The Bertz CT molecular complexity index is 933. The van der Waals surface area contributed by atoms with Gasteiger partial charge in [-0.2, -0.15) is 0 Å². The molecule has 1 aromatic carbocycles. The van der Waals surface area contributed by atoms with Crippen LogP contribution < -0.4 is 10.3 Å². The van der Waals surface area contributed by atoms with Gasteiger partial charge in [0, 0.05) is 43.7 Å². The lowest BCUT2D eigenvalue weighted by molar-refractivity contribution is -0.133. The molecule has 4 heterocycles. The Labute approximate surface area is 152 Å². The molecule has 1 aromatic heterocycles. The number of hydrogen-bond donors (Lipinski definition) is 0. The molecular formula is C21H22N2O3. The summed E-state index contributed by atoms with van der Waals surface area (Å²) in [5.41, 5.74) is 3.43. The summed E-state index contributed by atoms with van der Waals surface area (Å²) < 4.78 is 7.45. The zero-order valence-corrected chi connectivity index (χ0v) is 14.7. The number of carbonyl (C=O) groups excluding carboxylic acids is 1. The molecule has 2 unspecified atom stereocenters. The number of hydrogen-bond acceptors (Lipinski definition) is 3. The standard InChI is InChI=1S/C21H22N2O3/c24-20-3-1-2-18-17-9-15(12-23(18)20)11-22(13-17)21(25)10-14-4-5-19-16(8-14)6-7-26-19/h1-5,8,15,17H,6-7,9-13H2. The fourth-order valence-corrected chi connectivity index (χ4v) is 4.74. The molecule has 5 nitrogen and oxygen atoms in total. The van der Waals surface area contributed by atoms with Crippen molar-refractivity contribution in [2.45, 2.75) is 31.7 Å². The lowest BCUT2D eigenvalue weighted by atomic mass is 9.83. The van der Waals surface area contributed by atoms with E-state index in [-0.39, 0.29) is 17.4 Å². The molecule has 1 fully saturated rings. The van der Waals surface area contributed by atoms with E-state index < -0.39 is 0 Å². The fourth-order valence-electron chi connectivity index (χ4n) is 4.74. The van der Waals surface area contributed by atoms with Crippen LogP contribution in [0.1, 0.15) is 29.2 Å². The van der Waals surface area contributed by atoms with E-state index in [1.165, 1.54) is 5.56 Å². The number of piperidine rings is 1. The highest BCUT2D eigenvalue weighted by Crippen LogP contribution is 2.35. The van der Waals surface area contributed by atoms with Crippen molar-refractivity contribution in [1.29, 1.82) is 0 Å². The molecule has 3 aliphatic heterocycles. The molecule has 3 aliphatic rings. The van der Waals surface area contributed by atoms with Gasteiger partial charge < -0.3 is 14.2 Å². The minimum absolute atomic E-state index is 0.0809. The number of fused-ring (bicyclic) bond motifs is 5. The zero-order valence-electron chi connectivity index (χ0n) is 14.7. The number of pyridine rings is 1. The second-order valence-corrected chi connectivity index (χ2v) is 7.71. The van der Waals surface area contributed by atoms with Gasteiger partial charge in [-0.25, -0.2) is 0 Å². The van der Waals surface area contributed by atoms with Crippen LogP contribution in [0.5, 0.6) is 5.75 Å². The van der Waals surface area contributed by atoms with Gasteiger partial charge in [0.25, 0.3) is 5.56 Å². The third-order valence-electron chi connectivity index (χ3n) is 5.94. The van der Waals surface area contributed by atoms with Crippen LogP contribution >= 0.6 is 0 Å². The predicted molar refractivity (Wildman–Crippen MR) is 97.5 cm³/mol. The fraction of sp³-hybridized carbons (Fsp3) is 0.429.